The minimum absolute atomic E-state index is 0.122. The van der Waals surface area contributed by atoms with Gasteiger partial charge in [0, 0.05) is 6.54 Å². The van der Waals surface area contributed by atoms with Gasteiger partial charge in [0.2, 0.25) is 0 Å². The van der Waals surface area contributed by atoms with E-state index < -0.39 is 12.8 Å². The summed E-state index contributed by atoms with van der Waals surface area (Å²) in [6.45, 7) is -1.17. The minimum Gasteiger partial charge on any atom is -0.492 e. The molecule has 0 aliphatic rings. The van der Waals surface area contributed by atoms with E-state index in [1.807, 2.05) is 0 Å². The molecule has 1 rings (SSSR count). The maximum atomic E-state index is 12.5. The molecule has 6 heteroatoms. The van der Waals surface area contributed by atoms with Crippen molar-refractivity contribution >= 4 is 0 Å². The SMILES string of the molecule is NCCOc1ccc(OC(F)(F)CF)cc1. The fourth-order valence-electron chi connectivity index (χ4n) is 0.980. The third kappa shape index (κ3) is 3.98. The second-order valence-electron chi connectivity index (χ2n) is 2.98. The van der Waals surface area contributed by atoms with Crippen molar-refractivity contribution in [1.82, 2.24) is 0 Å². The van der Waals surface area contributed by atoms with Crippen LogP contribution in [0.5, 0.6) is 11.5 Å². The third-order valence-electron chi connectivity index (χ3n) is 1.63. The van der Waals surface area contributed by atoms with Crippen LogP contribution >= 0.6 is 0 Å². The molecule has 0 amide bonds. The maximum Gasteiger partial charge on any atom is 0.427 e. The zero-order valence-corrected chi connectivity index (χ0v) is 8.46. The molecule has 0 bridgehead atoms. The smallest absolute Gasteiger partial charge is 0.427 e. The van der Waals surface area contributed by atoms with Crippen molar-refractivity contribution in [1.29, 1.82) is 0 Å². The number of alkyl halides is 3. The molecule has 90 valence electrons. The number of nitrogens with two attached hydrogens (primary N) is 1. The summed E-state index contributed by atoms with van der Waals surface area (Å²) in [6.07, 6.45) is -3.79. The Hall–Kier alpha value is -1.43. The van der Waals surface area contributed by atoms with Gasteiger partial charge in [0.25, 0.3) is 0 Å². The Kier molecular flexibility index (Phi) is 4.42. The molecule has 1 aromatic rings. The quantitative estimate of drug-likeness (QED) is 0.819. The highest BCUT2D eigenvalue weighted by molar-refractivity contribution is 5.31. The van der Waals surface area contributed by atoms with Gasteiger partial charge in [-0.2, -0.15) is 8.78 Å². The van der Waals surface area contributed by atoms with Crippen molar-refractivity contribution in [3.63, 3.8) is 0 Å². The van der Waals surface area contributed by atoms with Gasteiger partial charge in [-0.05, 0) is 24.3 Å². The summed E-state index contributed by atoms with van der Waals surface area (Å²) in [5.74, 6) is 0.365. The normalized spacial score (nSPS) is 11.2. The number of ether oxygens (including phenoxy) is 2. The van der Waals surface area contributed by atoms with Crippen LogP contribution in [0, 0.1) is 0 Å². The molecule has 0 saturated carbocycles. The van der Waals surface area contributed by atoms with Crippen LogP contribution in [0.3, 0.4) is 0 Å². The average Bonchev–Trinajstić information content (AvgIpc) is 2.28. The Bertz CT molecular complexity index is 316. The lowest BCUT2D eigenvalue weighted by molar-refractivity contribution is -0.186. The first-order valence-corrected chi connectivity index (χ1v) is 4.63. The lowest BCUT2D eigenvalue weighted by atomic mass is 10.3. The Balaban J connectivity index is 2.57. The van der Waals surface area contributed by atoms with E-state index in [0.717, 1.165) is 0 Å². The zero-order chi connectivity index (χ0) is 12.0. The molecule has 0 heterocycles. The maximum absolute atomic E-state index is 12.5. The monoisotopic (exact) mass is 235 g/mol. The van der Waals surface area contributed by atoms with E-state index in [-0.39, 0.29) is 5.75 Å². The third-order valence-corrected chi connectivity index (χ3v) is 1.63. The summed E-state index contributed by atoms with van der Waals surface area (Å²) < 4.78 is 46.0. The molecular formula is C10H12F3NO2. The fraction of sp³-hybridized carbons (Fsp3) is 0.400. The van der Waals surface area contributed by atoms with Crippen molar-refractivity contribution < 1.29 is 22.6 Å². The predicted molar refractivity (Wildman–Crippen MR) is 52.5 cm³/mol. The molecule has 16 heavy (non-hydrogen) atoms. The first-order chi connectivity index (χ1) is 7.57. The van der Waals surface area contributed by atoms with Gasteiger partial charge in [-0.3, -0.25) is 0 Å². The summed E-state index contributed by atoms with van der Waals surface area (Å²) in [4.78, 5) is 0. The van der Waals surface area contributed by atoms with Gasteiger partial charge in [-0.25, -0.2) is 4.39 Å². The van der Waals surface area contributed by atoms with E-state index in [1.165, 1.54) is 24.3 Å². The van der Waals surface area contributed by atoms with Gasteiger partial charge in [-0.15, -0.1) is 0 Å². The minimum atomic E-state index is -3.79. The highest BCUT2D eigenvalue weighted by Gasteiger charge is 2.31. The molecule has 0 aliphatic heterocycles. The van der Waals surface area contributed by atoms with Crippen LogP contribution in [0.1, 0.15) is 0 Å². The largest absolute Gasteiger partial charge is 0.492 e. The second-order valence-corrected chi connectivity index (χ2v) is 2.98. The molecule has 0 aromatic heterocycles. The zero-order valence-electron chi connectivity index (χ0n) is 8.46. The van der Waals surface area contributed by atoms with Crippen molar-refractivity contribution in [2.75, 3.05) is 19.8 Å². The first-order valence-electron chi connectivity index (χ1n) is 4.63. The summed E-state index contributed by atoms with van der Waals surface area (Å²) in [5, 5.41) is 0. The van der Waals surface area contributed by atoms with Gasteiger partial charge in [0.1, 0.15) is 18.1 Å². The Morgan fingerprint density at radius 3 is 2.19 bits per heavy atom. The van der Waals surface area contributed by atoms with E-state index in [9.17, 15) is 13.2 Å². The van der Waals surface area contributed by atoms with E-state index in [2.05, 4.69) is 4.74 Å². The van der Waals surface area contributed by atoms with E-state index in [0.29, 0.717) is 18.9 Å². The number of halogens is 3. The van der Waals surface area contributed by atoms with Crippen LogP contribution in [0.25, 0.3) is 0 Å². The van der Waals surface area contributed by atoms with Gasteiger partial charge in [0.15, 0.2) is 6.67 Å². The van der Waals surface area contributed by atoms with Crippen molar-refractivity contribution in [2.24, 2.45) is 5.73 Å². The molecule has 0 aliphatic carbocycles. The molecule has 3 nitrogen and oxygen atoms in total. The summed E-state index contributed by atoms with van der Waals surface area (Å²) in [5.41, 5.74) is 5.22. The van der Waals surface area contributed by atoms with Crippen molar-refractivity contribution in [3.8, 4) is 11.5 Å². The number of hydrogen-bond acceptors (Lipinski definition) is 3. The first kappa shape index (κ1) is 12.6. The second kappa shape index (κ2) is 5.60. The molecule has 0 fully saturated rings. The van der Waals surface area contributed by atoms with E-state index in [4.69, 9.17) is 10.5 Å². The lowest BCUT2D eigenvalue weighted by Gasteiger charge is -2.14. The van der Waals surface area contributed by atoms with Gasteiger partial charge >= 0.3 is 6.11 Å². The summed E-state index contributed by atoms with van der Waals surface area (Å²) in [6, 6.07) is 5.43. The van der Waals surface area contributed by atoms with Crippen LogP contribution in [0.4, 0.5) is 13.2 Å². The number of benzene rings is 1. The van der Waals surface area contributed by atoms with Crippen LogP contribution < -0.4 is 15.2 Å². The van der Waals surface area contributed by atoms with Gasteiger partial charge < -0.3 is 15.2 Å². The van der Waals surface area contributed by atoms with Crippen LogP contribution in [0.2, 0.25) is 0 Å². The molecule has 1 aromatic carbocycles. The van der Waals surface area contributed by atoms with Crippen LogP contribution in [0.15, 0.2) is 24.3 Å². The average molecular weight is 235 g/mol. The predicted octanol–water partition coefficient (Wildman–Crippen LogP) is 1.97. The fourth-order valence-corrected chi connectivity index (χ4v) is 0.980. The molecule has 2 N–H and O–H groups in total. The highest BCUT2D eigenvalue weighted by atomic mass is 19.3. The molecule has 0 atom stereocenters. The van der Waals surface area contributed by atoms with Crippen LogP contribution in [-0.4, -0.2) is 25.9 Å². The highest BCUT2D eigenvalue weighted by Crippen LogP contribution is 2.24. The van der Waals surface area contributed by atoms with Crippen molar-refractivity contribution in [3.05, 3.63) is 24.3 Å². The van der Waals surface area contributed by atoms with Crippen LogP contribution in [-0.2, 0) is 0 Å². The van der Waals surface area contributed by atoms with E-state index in [1.54, 1.807) is 0 Å². The summed E-state index contributed by atoms with van der Waals surface area (Å²) >= 11 is 0. The number of rotatable bonds is 6. The molecule has 0 spiro atoms. The lowest BCUT2D eigenvalue weighted by Crippen LogP contribution is -2.26. The van der Waals surface area contributed by atoms with E-state index >= 15 is 0 Å². The standard InChI is InChI=1S/C10H12F3NO2/c11-7-10(12,13)16-9-3-1-8(2-4-9)15-6-5-14/h1-4H,5-7,14H2. The summed E-state index contributed by atoms with van der Waals surface area (Å²) in [7, 11) is 0. The molecule has 0 radical (unpaired) electrons. The Morgan fingerprint density at radius 2 is 1.69 bits per heavy atom. The molecular weight excluding hydrogens is 223 g/mol. The molecule has 0 unspecified atom stereocenters. The Labute approximate surface area is 91.0 Å². The topological polar surface area (TPSA) is 44.5 Å². The Morgan fingerprint density at radius 1 is 1.12 bits per heavy atom. The van der Waals surface area contributed by atoms with Crippen molar-refractivity contribution in [2.45, 2.75) is 6.11 Å². The molecule has 0 saturated heterocycles. The van der Waals surface area contributed by atoms with Gasteiger partial charge in [-0.1, -0.05) is 0 Å². The van der Waals surface area contributed by atoms with Gasteiger partial charge in [0.05, 0.1) is 0 Å². The number of hydrogen-bond donors (Lipinski definition) is 1.